The van der Waals surface area contributed by atoms with E-state index in [1.807, 2.05) is 40.1 Å². The Labute approximate surface area is 235 Å². The topological polar surface area (TPSA) is 47.1 Å². The molecule has 224 valence electrons. The van der Waals surface area contributed by atoms with Crippen molar-refractivity contribution < 1.29 is 35.9 Å². The maximum Gasteiger partial charge on any atom is 0.416 e. The average molecular weight is 585 g/mol. The van der Waals surface area contributed by atoms with Gasteiger partial charge in [0.25, 0.3) is 0 Å². The minimum absolute atomic E-state index is 0.0644. The van der Waals surface area contributed by atoms with Gasteiger partial charge in [-0.05, 0) is 48.6 Å². The van der Waals surface area contributed by atoms with Gasteiger partial charge in [-0.25, -0.2) is 0 Å². The summed E-state index contributed by atoms with van der Waals surface area (Å²) in [5.41, 5.74) is -2.16. The molecule has 6 nitrogen and oxygen atoms in total. The molecule has 12 heteroatoms. The van der Waals surface area contributed by atoms with Crippen LogP contribution in [0.15, 0.2) is 48.5 Å². The normalized spacial score (nSPS) is 18.0. The van der Waals surface area contributed by atoms with Crippen molar-refractivity contribution in [3.8, 4) is 0 Å². The number of benzene rings is 2. The minimum atomic E-state index is -4.93. The Kier molecular flexibility index (Phi) is 9.63. The van der Waals surface area contributed by atoms with Gasteiger partial charge in [-0.1, -0.05) is 30.3 Å². The summed E-state index contributed by atoms with van der Waals surface area (Å²) in [4.78, 5) is 33.6. The summed E-state index contributed by atoms with van der Waals surface area (Å²) >= 11 is 0. The van der Waals surface area contributed by atoms with E-state index in [2.05, 4.69) is 4.90 Å². The average Bonchev–Trinajstić information content (AvgIpc) is 3.48. The second-order valence-electron chi connectivity index (χ2n) is 10.6. The number of alkyl halides is 6. The van der Waals surface area contributed by atoms with Crippen LogP contribution in [0.2, 0.25) is 0 Å². The maximum atomic E-state index is 13.7. The molecular formula is C29H34F6N4O2. The molecule has 1 atom stereocenters. The first-order valence-corrected chi connectivity index (χ1v) is 13.7. The monoisotopic (exact) mass is 584 g/mol. The first-order chi connectivity index (χ1) is 19.3. The number of carbonyl (C=O) groups excluding carboxylic acids is 2. The van der Waals surface area contributed by atoms with Gasteiger partial charge >= 0.3 is 12.4 Å². The molecule has 0 spiro atoms. The number of carbonyl (C=O) groups is 2. The summed E-state index contributed by atoms with van der Waals surface area (Å²) in [7, 11) is 1.50. The van der Waals surface area contributed by atoms with Crippen molar-refractivity contribution in [2.75, 3.05) is 59.4 Å². The van der Waals surface area contributed by atoms with E-state index < -0.39 is 29.5 Å². The fourth-order valence-electron chi connectivity index (χ4n) is 5.36. The maximum absolute atomic E-state index is 13.7. The molecule has 2 fully saturated rings. The standard InChI is InChI=1S/C29H34F6N4O2/c1-36(12-9-21-17-23(28(30,31)32)19-24(18-21)29(33,34)35)27(41)26(22-7-3-2-4-8-22)39-15-13-37(14-16-39)20-25(40)38-10-5-6-11-38/h2-4,7-8,17-19,26H,5-6,9-16,20H2,1H3. The highest BCUT2D eigenvalue weighted by molar-refractivity contribution is 5.83. The van der Waals surface area contributed by atoms with E-state index >= 15 is 0 Å². The summed E-state index contributed by atoms with van der Waals surface area (Å²) in [5, 5.41) is 0. The lowest BCUT2D eigenvalue weighted by Gasteiger charge is -2.40. The summed E-state index contributed by atoms with van der Waals surface area (Å²) in [6, 6.07) is 9.90. The molecule has 0 aliphatic carbocycles. The number of likely N-dealkylation sites (tertiary alicyclic amines) is 1. The van der Waals surface area contributed by atoms with Gasteiger partial charge in [0.1, 0.15) is 6.04 Å². The number of amides is 2. The molecule has 2 heterocycles. The molecular weight excluding hydrogens is 550 g/mol. The Hall–Kier alpha value is -3.12. The molecule has 1 unspecified atom stereocenters. The van der Waals surface area contributed by atoms with Crippen LogP contribution < -0.4 is 0 Å². The lowest BCUT2D eigenvalue weighted by Crippen LogP contribution is -2.53. The predicted octanol–water partition coefficient (Wildman–Crippen LogP) is 4.71. The Balaban J connectivity index is 1.44. The lowest BCUT2D eigenvalue weighted by molar-refractivity contribution is -0.143. The summed E-state index contributed by atoms with van der Waals surface area (Å²) in [5.74, 6) is -0.199. The molecule has 2 saturated heterocycles. The molecule has 2 aliphatic heterocycles. The van der Waals surface area contributed by atoms with Gasteiger partial charge in [0.05, 0.1) is 17.7 Å². The molecule has 2 aromatic carbocycles. The number of hydrogen-bond acceptors (Lipinski definition) is 4. The van der Waals surface area contributed by atoms with Crippen LogP contribution in [0.25, 0.3) is 0 Å². The summed E-state index contributed by atoms with van der Waals surface area (Å²) in [6.07, 6.45) is -8.01. The molecule has 0 bridgehead atoms. The number of piperazine rings is 1. The van der Waals surface area contributed by atoms with E-state index in [0.717, 1.165) is 31.5 Å². The molecule has 0 radical (unpaired) electrons. The highest BCUT2D eigenvalue weighted by atomic mass is 19.4. The SMILES string of the molecule is CN(CCc1cc(C(F)(F)F)cc(C(F)(F)F)c1)C(=O)C(c1ccccc1)N1CCN(CC(=O)N2CCCC2)CC1. The van der Waals surface area contributed by atoms with Crippen LogP contribution in [0.1, 0.15) is 41.1 Å². The van der Waals surface area contributed by atoms with Crippen LogP contribution in [-0.4, -0.2) is 90.8 Å². The first-order valence-electron chi connectivity index (χ1n) is 13.7. The van der Waals surface area contributed by atoms with Crippen molar-refractivity contribution in [3.05, 3.63) is 70.8 Å². The smallest absolute Gasteiger partial charge is 0.344 e. The second-order valence-corrected chi connectivity index (χ2v) is 10.6. The number of nitrogens with zero attached hydrogens (tertiary/aromatic N) is 4. The van der Waals surface area contributed by atoms with E-state index in [9.17, 15) is 35.9 Å². The molecule has 4 rings (SSSR count). The number of rotatable bonds is 8. The summed E-state index contributed by atoms with van der Waals surface area (Å²) < 4.78 is 79.7. The largest absolute Gasteiger partial charge is 0.416 e. The van der Waals surface area contributed by atoms with Gasteiger partial charge in [0.2, 0.25) is 11.8 Å². The third-order valence-corrected chi connectivity index (χ3v) is 7.70. The zero-order chi connectivity index (χ0) is 29.8. The van der Waals surface area contributed by atoms with Gasteiger partial charge in [-0.3, -0.25) is 19.4 Å². The zero-order valence-corrected chi connectivity index (χ0v) is 22.8. The first kappa shape index (κ1) is 30.8. The fourth-order valence-corrected chi connectivity index (χ4v) is 5.36. The molecule has 0 aromatic heterocycles. The van der Waals surface area contributed by atoms with E-state index in [0.29, 0.717) is 44.9 Å². The van der Waals surface area contributed by atoms with Crippen LogP contribution >= 0.6 is 0 Å². The van der Waals surface area contributed by atoms with Gasteiger partial charge in [-0.2, -0.15) is 26.3 Å². The van der Waals surface area contributed by atoms with Crippen LogP contribution in [0.3, 0.4) is 0 Å². The summed E-state index contributed by atoms with van der Waals surface area (Å²) in [6.45, 7) is 4.06. The van der Waals surface area contributed by atoms with Crippen LogP contribution in [-0.2, 0) is 28.4 Å². The van der Waals surface area contributed by atoms with E-state index in [1.54, 1.807) is 0 Å². The Morgan fingerprint density at radius 3 is 1.93 bits per heavy atom. The van der Waals surface area contributed by atoms with Crippen molar-refractivity contribution >= 4 is 11.8 Å². The van der Waals surface area contributed by atoms with Gasteiger partial charge in [0.15, 0.2) is 0 Å². The van der Waals surface area contributed by atoms with Crippen LogP contribution in [0.5, 0.6) is 0 Å². The Bertz CT molecular complexity index is 1160. The third kappa shape index (κ3) is 8.00. The lowest BCUT2D eigenvalue weighted by atomic mass is 10.0. The van der Waals surface area contributed by atoms with Crippen molar-refractivity contribution in [1.82, 2.24) is 19.6 Å². The van der Waals surface area contributed by atoms with Crippen molar-refractivity contribution in [3.63, 3.8) is 0 Å². The predicted molar refractivity (Wildman–Crippen MR) is 141 cm³/mol. The van der Waals surface area contributed by atoms with Gasteiger partial charge < -0.3 is 9.80 Å². The van der Waals surface area contributed by atoms with E-state index in [4.69, 9.17) is 0 Å². The zero-order valence-electron chi connectivity index (χ0n) is 22.8. The van der Waals surface area contributed by atoms with E-state index in [-0.39, 0.29) is 36.4 Å². The van der Waals surface area contributed by atoms with Crippen molar-refractivity contribution in [2.24, 2.45) is 0 Å². The number of hydrogen-bond donors (Lipinski definition) is 0. The Morgan fingerprint density at radius 1 is 0.829 bits per heavy atom. The second kappa shape index (κ2) is 12.8. The van der Waals surface area contributed by atoms with Crippen molar-refractivity contribution in [1.29, 1.82) is 0 Å². The van der Waals surface area contributed by atoms with E-state index in [1.165, 1.54) is 11.9 Å². The molecule has 0 saturated carbocycles. The highest BCUT2D eigenvalue weighted by Gasteiger charge is 2.37. The molecule has 2 aliphatic rings. The van der Waals surface area contributed by atoms with Gasteiger partial charge in [-0.15, -0.1) is 0 Å². The van der Waals surface area contributed by atoms with Gasteiger partial charge in [0, 0.05) is 52.9 Å². The van der Waals surface area contributed by atoms with Crippen LogP contribution in [0.4, 0.5) is 26.3 Å². The third-order valence-electron chi connectivity index (χ3n) is 7.70. The number of likely N-dealkylation sites (N-methyl/N-ethyl adjacent to an activating group) is 1. The Morgan fingerprint density at radius 2 is 1.39 bits per heavy atom. The highest BCUT2D eigenvalue weighted by Crippen LogP contribution is 2.36. The van der Waals surface area contributed by atoms with Crippen LogP contribution in [0, 0.1) is 0 Å². The van der Waals surface area contributed by atoms with Crippen molar-refractivity contribution in [2.45, 2.75) is 37.7 Å². The molecule has 41 heavy (non-hydrogen) atoms. The molecule has 2 amide bonds. The number of halogens is 6. The molecule has 0 N–H and O–H groups in total. The molecule has 2 aromatic rings. The quantitative estimate of drug-likeness (QED) is 0.422. The minimum Gasteiger partial charge on any atom is -0.344 e. The fraction of sp³-hybridized carbons (Fsp3) is 0.517.